The summed E-state index contributed by atoms with van der Waals surface area (Å²) in [5, 5.41) is 22.6. The summed E-state index contributed by atoms with van der Waals surface area (Å²) in [6.07, 6.45) is 3.96. The summed E-state index contributed by atoms with van der Waals surface area (Å²) in [6.45, 7) is 0. The Morgan fingerprint density at radius 2 is 1.82 bits per heavy atom. The van der Waals surface area contributed by atoms with E-state index in [0.717, 1.165) is 5.06 Å². The first-order valence-corrected chi connectivity index (χ1v) is 5.98. The summed E-state index contributed by atoms with van der Waals surface area (Å²) in [5.74, 6) is 0.500. The van der Waals surface area contributed by atoms with Gasteiger partial charge in [0.25, 0.3) is 11.4 Å². The molecule has 0 atom stereocenters. The number of nitrogens with zero attached hydrogens (tertiary/aromatic N) is 3. The van der Waals surface area contributed by atoms with E-state index < -0.39 is 9.85 Å². The zero-order valence-electron chi connectivity index (χ0n) is 10.8. The van der Waals surface area contributed by atoms with Gasteiger partial charge in [0.15, 0.2) is 5.70 Å². The third kappa shape index (κ3) is 2.33. The van der Waals surface area contributed by atoms with Gasteiger partial charge in [0.05, 0.1) is 16.0 Å². The normalized spacial score (nSPS) is 16.0. The molecule has 3 rings (SSSR count). The third-order valence-corrected chi connectivity index (χ3v) is 2.87. The Kier molecular flexibility index (Phi) is 3.20. The number of nitro benzene ring substituents is 1. The minimum absolute atomic E-state index is 0.0693. The Morgan fingerprint density at radius 3 is 2.45 bits per heavy atom. The molecule has 0 aliphatic carbocycles. The molecule has 2 aliphatic heterocycles. The fourth-order valence-electron chi connectivity index (χ4n) is 1.87. The van der Waals surface area contributed by atoms with Crippen LogP contribution in [0, 0.1) is 20.2 Å². The van der Waals surface area contributed by atoms with Crippen molar-refractivity contribution in [2.45, 2.75) is 0 Å². The predicted octanol–water partition coefficient (Wildman–Crippen LogP) is 1.58. The molecule has 0 unspecified atom stereocenters. The second-order valence-electron chi connectivity index (χ2n) is 4.20. The highest BCUT2D eigenvalue weighted by Crippen LogP contribution is 2.30. The van der Waals surface area contributed by atoms with Gasteiger partial charge in [-0.15, -0.1) is 4.94 Å². The van der Waals surface area contributed by atoms with Gasteiger partial charge in [0, 0.05) is 24.3 Å². The highest BCUT2D eigenvalue weighted by Gasteiger charge is 2.35. The molecule has 2 heterocycles. The average molecular weight is 304 g/mol. The van der Waals surface area contributed by atoms with Crippen molar-refractivity contribution in [1.82, 2.24) is 10.5 Å². The summed E-state index contributed by atoms with van der Waals surface area (Å²) in [4.78, 5) is 25.5. The topological polar surface area (TPSA) is 120 Å². The molecular weight excluding hydrogens is 296 g/mol. The van der Waals surface area contributed by atoms with Crippen LogP contribution in [-0.2, 0) is 4.94 Å². The predicted molar refractivity (Wildman–Crippen MR) is 71.0 cm³/mol. The molecule has 2 aliphatic rings. The molecule has 1 aromatic carbocycles. The molecule has 0 spiro atoms. The van der Waals surface area contributed by atoms with Crippen LogP contribution in [0.15, 0.2) is 59.9 Å². The Hall–Kier alpha value is -3.40. The summed E-state index contributed by atoms with van der Waals surface area (Å²) in [6, 6.07) is 5.41. The summed E-state index contributed by atoms with van der Waals surface area (Å²) in [7, 11) is 0. The maximum Gasteiger partial charge on any atom is 0.297 e. The standard InChI is InChI=1S/C12H8N4O6/c17-15(18)8-1-3-9(4-2-8)21-12-6-5-10(16(19)20)11-7-13-22-14(11)12/h1-7,13H. The van der Waals surface area contributed by atoms with Crippen LogP contribution in [-0.4, -0.2) is 14.9 Å². The zero-order chi connectivity index (χ0) is 15.7. The fraction of sp³-hybridized carbons (Fsp3) is 0. The lowest BCUT2D eigenvalue weighted by molar-refractivity contribution is -0.424. The monoisotopic (exact) mass is 304 g/mol. The summed E-state index contributed by atoms with van der Waals surface area (Å²) < 4.78 is 5.52. The van der Waals surface area contributed by atoms with Crippen LogP contribution in [0.1, 0.15) is 0 Å². The number of nitrogens with one attached hydrogen (secondary N) is 1. The summed E-state index contributed by atoms with van der Waals surface area (Å²) in [5.41, 5.74) is 2.36. The van der Waals surface area contributed by atoms with Crippen LogP contribution >= 0.6 is 0 Å². The third-order valence-electron chi connectivity index (χ3n) is 2.87. The molecule has 0 bridgehead atoms. The van der Waals surface area contributed by atoms with Gasteiger partial charge in [0.1, 0.15) is 5.75 Å². The van der Waals surface area contributed by atoms with Crippen molar-refractivity contribution in [2.75, 3.05) is 0 Å². The van der Waals surface area contributed by atoms with Gasteiger partial charge >= 0.3 is 0 Å². The van der Waals surface area contributed by atoms with E-state index in [9.17, 15) is 20.2 Å². The van der Waals surface area contributed by atoms with E-state index in [-0.39, 0.29) is 23.0 Å². The van der Waals surface area contributed by atoms with E-state index in [1.54, 1.807) is 0 Å². The average Bonchev–Trinajstić information content (AvgIpc) is 2.97. The van der Waals surface area contributed by atoms with Crippen molar-refractivity contribution in [3.05, 3.63) is 80.1 Å². The molecule has 10 heteroatoms. The van der Waals surface area contributed by atoms with Gasteiger partial charge in [-0.25, -0.2) is 5.48 Å². The molecule has 1 N–H and O–H groups in total. The van der Waals surface area contributed by atoms with E-state index in [4.69, 9.17) is 9.68 Å². The van der Waals surface area contributed by atoms with Crippen molar-refractivity contribution in [1.29, 1.82) is 0 Å². The SMILES string of the molecule is O=[N+]([O-])C1=CC=C(Oc2ccc([N+](=O)[O-])cc2)N2ONC=C12. The van der Waals surface area contributed by atoms with E-state index >= 15 is 0 Å². The number of allylic oxidation sites excluding steroid dienone is 2. The molecule has 0 aromatic heterocycles. The second kappa shape index (κ2) is 5.18. The van der Waals surface area contributed by atoms with Crippen LogP contribution in [0.3, 0.4) is 0 Å². The number of hydroxylamine groups is 3. The minimum Gasteiger partial charge on any atom is -0.439 e. The molecule has 22 heavy (non-hydrogen) atoms. The van der Waals surface area contributed by atoms with E-state index in [0.29, 0.717) is 5.75 Å². The van der Waals surface area contributed by atoms with Gasteiger partial charge in [-0.05, 0) is 12.1 Å². The Balaban J connectivity index is 1.84. The first kappa shape index (κ1) is 13.6. The quantitative estimate of drug-likeness (QED) is 0.657. The van der Waals surface area contributed by atoms with Crippen LogP contribution in [0.2, 0.25) is 0 Å². The maximum atomic E-state index is 10.9. The maximum absolute atomic E-state index is 10.9. The van der Waals surface area contributed by atoms with Gasteiger partial charge in [-0.1, -0.05) is 0 Å². The highest BCUT2D eigenvalue weighted by molar-refractivity contribution is 5.39. The Morgan fingerprint density at radius 1 is 1.09 bits per heavy atom. The molecule has 0 fully saturated rings. The number of hydrogen-bond acceptors (Lipinski definition) is 8. The number of fused-ring (bicyclic) bond motifs is 1. The van der Waals surface area contributed by atoms with Crippen molar-refractivity contribution in [3.8, 4) is 5.75 Å². The number of hydrogen-bond donors (Lipinski definition) is 1. The van der Waals surface area contributed by atoms with Gasteiger partial charge < -0.3 is 4.74 Å². The molecule has 0 radical (unpaired) electrons. The highest BCUT2D eigenvalue weighted by atomic mass is 16.8. The molecule has 1 aromatic rings. The minimum atomic E-state index is -0.547. The van der Waals surface area contributed by atoms with Crippen molar-refractivity contribution in [2.24, 2.45) is 0 Å². The van der Waals surface area contributed by atoms with Gasteiger partial charge in [0.2, 0.25) is 5.88 Å². The lowest BCUT2D eigenvalue weighted by atomic mass is 10.2. The first-order valence-electron chi connectivity index (χ1n) is 5.98. The smallest absolute Gasteiger partial charge is 0.297 e. The number of nitro groups is 2. The van der Waals surface area contributed by atoms with Crippen LogP contribution < -0.4 is 10.2 Å². The van der Waals surface area contributed by atoms with Crippen LogP contribution in [0.5, 0.6) is 5.75 Å². The van der Waals surface area contributed by atoms with Crippen molar-refractivity contribution < 1.29 is 19.5 Å². The second-order valence-corrected chi connectivity index (χ2v) is 4.20. The van der Waals surface area contributed by atoms with Crippen LogP contribution in [0.4, 0.5) is 5.69 Å². The van der Waals surface area contributed by atoms with Gasteiger partial charge in [-0.2, -0.15) is 5.06 Å². The number of benzene rings is 1. The molecule has 10 nitrogen and oxygen atoms in total. The Bertz CT molecular complexity index is 736. The fourth-order valence-corrected chi connectivity index (χ4v) is 1.87. The number of ether oxygens (including phenoxy) is 1. The molecular formula is C12H8N4O6. The van der Waals surface area contributed by atoms with E-state index in [2.05, 4.69) is 5.48 Å². The zero-order valence-corrected chi connectivity index (χ0v) is 10.8. The largest absolute Gasteiger partial charge is 0.439 e. The molecule has 0 saturated carbocycles. The van der Waals surface area contributed by atoms with E-state index in [1.165, 1.54) is 42.6 Å². The van der Waals surface area contributed by atoms with Crippen molar-refractivity contribution >= 4 is 5.69 Å². The number of rotatable bonds is 4. The molecule has 0 saturated heterocycles. The summed E-state index contributed by atoms with van der Waals surface area (Å²) >= 11 is 0. The lowest BCUT2D eigenvalue weighted by Crippen LogP contribution is -2.28. The molecule has 0 amide bonds. The molecule has 112 valence electrons. The van der Waals surface area contributed by atoms with Gasteiger partial charge in [-0.3, -0.25) is 20.2 Å². The lowest BCUT2D eigenvalue weighted by Gasteiger charge is -2.22. The van der Waals surface area contributed by atoms with E-state index in [1.807, 2.05) is 0 Å². The Labute approximate surface area is 122 Å². The van der Waals surface area contributed by atoms with Crippen molar-refractivity contribution in [3.63, 3.8) is 0 Å². The number of non-ortho nitro benzene ring substituents is 1. The van der Waals surface area contributed by atoms with Crippen LogP contribution in [0.25, 0.3) is 0 Å². The first-order chi connectivity index (χ1) is 10.6.